The van der Waals surface area contributed by atoms with Crippen molar-refractivity contribution in [3.63, 3.8) is 0 Å². The summed E-state index contributed by atoms with van der Waals surface area (Å²) in [4.78, 5) is 89.0. The van der Waals surface area contributed by atoms with Gasteiger partial charge in [0.1, 0.15) is 29.7 Å². The Morgan fingerprint density at radius 1 is 0.950 bits per heavy atom. The van der Waals surface area contributed by atoms with Gasteiger partial charge in [-0.3, -0.25) is 43.7 Å². The predicted octanol–water partition coefficient (Wildman–Crippen LogP) is 1.41. The van der Waals surface area contributed by atoms with Crippen LogP contribution in [0.25, 0.3) is 5.65 Å². The van der Waals surface area contributed by atoms with Crippen LogP contribution in [0.2, 0.25) is 0 Å². The maximum atomic E-state index is 14.3. The minimum Gasteiger partial charge on any atom is -0.368 e. The number of rotatable bonds is 7. The Labute approximate surface area is 342 Å². The van der Waals surface area contributed by atoms with Crippen molar-refractivity contribution in [3.05, 3.63) is 65.2 Å². The lowest BCUT2D eigenvalue weighted by Crippen LogP contribution is -2.54. The summed E-state index contributed by atoms with van der Waals surface area (Å²) in [6.07, 6.45) is 6.53. The molecule has 4 aromatic rings. The summed E-state index contributed by atoms with van der Waals surface area (Å²) in [6, 6.07) is 7.33. The Balaban J connectivity index is 0.789. The number of carbonyl (C=O) groups is 6. The lowest BCUT2D eigenvalue weighted by molar-refractivity contribution is -0.137. The Morgan fingerprint density at radius 2 is 1.72 bits per heavy atom. The molecule has 3 atom stereocenters. The van der Waals surface area contributed by atoms with Gasteiger partial charge in [-0.1, -0.05) is 0 Å². The van der Waals surface area contributed by atoms with Crippen LogP contribution in [0.1, 0.15) is 87.8 Å². The zero-order valence-electron chi connectivity index (χ0n) is 32.5. The second-order valence-corrected chi connectivity index (χ2v) is 16.0. The first-order chi connectivity index (χ1) is 28.9. The number of hydrogen-bond acceptors (Lipinski definition) is 13. The maximum absolute atomic E-state index is 14.3. The fourth-order valence-electron chi connectivity index (χ4n) is 9.09. The summed E-state index contributed by atoms with van der Waals surface area (Å²) >= 11 is 0. The Kier molecular flexibility index (Phi) is 9.98. The number of nitrogens with one attached hydrogen (secondary N) is 2. The molecular formula is C40H42FN13O6. The normalized spacial score (nSPS) is 24.7. The summed E-state index contributed by atoms with van der Waals surface area (Å²) < 4.78 is 17.4. The molecule has 4 aliphatic heterocycles. The number of piperazine rings is 1. The average molecular weight is 820 g/mol. The zero-order chi connectivity index (χ0) is 41.8. The molecule has 0 bridgehead atoms. The standard InChI is InChI=1S/C40H42FN13O6/c41-23-15-24(43)20-51(19-23)33-9-10-52-35(46-33)29(18-44-52)36(56)45-31-21-53(48-30(31)17-42)25-3-1-22(2-4-25)38(58)50-13-11-49(12-14-50)26-5-6-27-28(16-26)40(60)54(39(27)59)32-7-8-34(55)47-37(32)57/h5-6,9-10,16,18,21-25,32H,1-4,7-8,11-15,19-20,43H2,(H,45,56)(H,47,55,57)/t22?,23-,24-,25?,32?/m1/s1. The third-order valence-corrected chi connectivity index (χ3v) is 12.2. The maximum Gasteiger partial charge on any atom is 0.262 e. The SMILES string of the molecule is N#Cc1nn(C2CCC(C(=O)N3CCN(c4ccc5c(c4)C(=O)N(C4CCC(=O)NC4=O)C5=O)CC3)CC2)cc1NC(=O)c1cnn2ccc(N3C[C@H](N)C[C@@H](F)C3)nc12. The van der Waals surface area contributed by atoms with E-state index in [4.69, 9.17) is 5.73 Å². The van der Waals surface area contributed by atoms with Crippen LogP contribution in [0.3, 0.4) is 0 Å². The molecule has 3 saturated heterocycles. The van der Waals surface area contributed by atoms with Crippen LogP contribution in [0.5, 0.6) is 0 Å². The first-order valence-corrected chi connectivity index (χ1v) is 20.1. The zero-order valence-corrected chi connectivity index (χ0v) is 32.5. The van der Waals surface area contributed by atoms with E-state index in [2.05, 4.69) is 36.8 Å². The number of hydrogen-bond donors (Lipinski definition) is 3. The van der Waals surface area contributed by atoms with Gasteiger partial charge >= 0.3 is 0 Å². The Morgan fingerprint density at radius 3 is 2.45 bits per heavy atom. The summed E-state index contributed by atoms with van der Waals surface area (Å²) in [5.74, 6) is -2.37. The number of nitrogens with two attached hydrogens (primary N) is 1. The van der Waals surface area contributed by atoms with E-state index in [0.717, 1.165) is 10.6 Å². The fourth-order valence-corrected chi connectivity index (χ4v) is 9.09. The molecule has 310 valence electrons. The highest BCUT2D eigenvalue weighted by Gasteiger charge is 2.45. The second kappa shape index (κ2) is 15.4. The van der Waals surface area contributed by atoms with Crippen molar-refractivity contribution >= 4 is 58.3 Å². The Bertz CT molecular complexity index is 2470. The number of nitriles is 1. The second-order valence-electron chi connectivity index (χ2n) is 16.0. The number of imide groups is 2. The number of nitrogens with zero attached hydrogens (tertiary/aromatic N) is 10. The molecular weight excluding hydrogens is 778 g/mol. The number of carbonyl (C=O) groups excluding carboxylic acids is 6. The molecule has 1 saturated carbocycles. The highest BCUT2D eigenvalue weighted by molar-refractivity contribution is 6.23. The van der Waals surface area contributed by atoms with Gasteiger partial charge in [0.2, 0.25) is 17.7 Å². The topological polar surface area (TPSA) is 237 Å². The molecule has 20 heteroatoms. The monoisotopic (exact) mass is 819 g/mol. The van der Waals surface area contributed by atoms with Crippen molar-refractivity contribution in [1.82, 2.24) is 39.5 Å². The third-order valence-electron chi connectivity index (χ3n) is 12.2. The lowest BCUT2D eigenvalue weighted by Gasteiger charge is -2.39. The van der Waals surface area contributed by atoms with Gasteiger partial charge in [-0.25, -0.2) is 13.9 Å². The van der Waals surface area contributed by atoms with Crippen molar-refractivity contribution in [2.45, 2.75) is 69.2 Å². The van der Waals surface area contributed by atoms with Crippen molar-refractivity contribution in [3.8, 4) is 6.07 Å². The highest BCUT2D eigenvalue weighted by Crippen LogP contribution is 2.35. The molecule has 19 nitrogen and oxygen atoms in total. The number of benzene rings is 1. The molecule has 9 rings (SSSR count). The number of fused-ring (bicyclic) bond motifs is 2. The number of amides is 6. The number of aromatic nitrogens is 5. The van der Waals surface area contributed by atoms with Gasteiger partial charge in [-0.2, -0.15) is 15.5 Å². The summed E-state index contributed by atoms with van der Waals surface area (Å²) in [7, 11) is 0. The third kappa shape index (κ3) is 7.07. The van der Waals surface area contributed by atoms with Crippen LogP contribution in [0, 0.1) is 17.2 Å². The lowest BCUT2D eigenvalue weighted by atomic mass is 9.85. The molecule has 4 N–H and O–H groups in total. The molecule has 1 unspecified atom stereocenters. The molecule has 4 fully saturated rings. The van der Waals surface area contributed by atoms with E-state index in [-0.39, 0.29) is 83.4 Å². The van der Waals surface area contributed by atoms with E-state index >= 15 is 0 Å². The molecule has 6 amide bonds. The van der Waals surface area contributed by atoms with Gasteiger partial charge in [0.15, 0.2) is 11.3 Å². The highest BCUT2D eigenvalue weighted by atomic mass is 19.1. The fraction of sp³-hybridized carbons (Fsp3) is 0.450. The van der Waals surface area contributed by atoms with Gasteiger partial charge < -0.3 is 25.8 Å². The number of alkyl halides is 1. The predicted molar refractivity (Wildman–Crippen MR) is 210 cm³/mol. The molecule has 0 spiro atoms. The van der Waals surface area contributed by atoms with Crippen LogP contribution in [0.4, 0.5) is 21.6 Å². The van der Waals surface area contributed by atoms with Crippen LogP contribution < -0.4 is 26.2 Å². The van der Waals surface area contributed by atoms with Crippen LogP contribution in [-0.2, 0) is 14.4 Å². The van der Waals surface area contributed by atoms with Crippen molar-refractivity contribution in [2.75, 3.05) is 54.4 Å². The van der Waals surface area contributed by atoms with E-state index in [9.17, 15) is 38.4 Å². The van der Waals surface area contributed by atoms with Crippen LogP contribution in [-0.4, -0.2) is 127 Å². The van der Waals surface area contributed by atoms with E-state index in [1.165, 1.54) is 10.7 Å². The number of halogens is 1. The molecule has 60 heavy (non-hydrogen) atoms. The van der Waals surface area contributed by atoms with Gasteiger partial charge in [0, 0.05) is 63.0 Å². The molecule has 5 aliphatic rings. The smallest absolute Gasteiger partial charge is 0.262 e. The van der Waals surface area contributed by atoms with Crippen molar-refractivity contribution < 1.29 is 33.2 Å². The van der Waals surface area contributed by atoms with Crippen LogP contribution in [0.15, 0.2) is 42.9 Å². The summed E-state index contributed by atoms with van der Waals surface area (Å²) in [5, 5.41) is 23.6. The van der Waals surface area contributed by atoms with Crippen molar-refractivity contribution in [2.24, 2.45) is 11.7 Å². The Hall–Kier alpha value is -6.75. The van der Waals surface area contributed by atoms with E-state index < -0.39 is 41.7 Å². The summed E-state index contributed by atoms with van der Waals surface area (Å²) in [5.41, 5.74) is 7.92. The van der Waals surface area contributed by atoms with E-state index in [0.29, 0.717) is 64.2 Å². The number of piperidine rings is 2. The molecule has 7 heterocycles. The minimum atomic E-state index is -1.09. The van der Waals surface area contributed by atoms with Gasteiger partial charge in [-0.05, 0) is 62.8 Å². The van der Waals surface area contributed by atoms with E-state index in [1.807, 2.05) is 4.90 Å². The summed E-state index contributed by atoms with van der Waals surface area (Å²) in [6.45, 7) is 2.59. The first-order valence-electron chi connectivity index (χ1n) is 20.1. The van der Waals surface area contributed by atoms with Gasteiger partial charge in [0.25, 0.3) is 17.7 Å². The quantitative estimate of drug-likeness (QED) is 0.224. The van der Waals surface area contributed by atoms with Gasteiger partial charge in [-0.15, -0.1) is 0 Å². The molecule has 0 radical (unpaired) electrons. The van der Waals surface area contributed by atoms with E-state index in [1.54, 1.807) is 46.2 Å². The number of anilines is 3. The van der Waals surface area contributed by atoms with Gasteiger partial charge in [0.05, 0.1) is 41.8 Å². The minimum absolute atomic E-state index is 0.0452. The first kappa shape index (κ1) is 38.8. The van der Waals surface area contributed by atoms with Crippen molar-refractivity contribution in [1.29, 1.82) is 5.26 Å². The molecule has 1 aliphatic carbocycles. The molecule has 1 aromatic carbocycles. The molecule has 3 aromatic heterocycles. The van der Waals surface area contributed by atoms with Crippen LogP contribution >= 0.6 is 0 Å². The average Bonchev–Trinajstić information content (AvgIpc) is 3.93. The largest absolute Gasteiger partial charge is 0.368 e.